The van der Waals surface area contributed by atoms with Gasteiger partial charge in [0.25, 0.3) is 5.91 Å². The molecule has 5 rings (SSSR count). The van der Waals surface area contributed by atoms with E-state index in [0.717, 1.165) is 22.4 Å². The van der Waals surface area contributed by atoms with Crippen LogP contribution in [0.4, 0.5) is 11.4 Å². The van der Waals surface area contributed by atoms with E-state index in [1.54, 1.807) is 29.3 Å². The highest BCUT2D eigenvalue weighted by molar-refractivity contribution is 6.36. The predicted molar refractivity (Wildman–Crippen MR) is 120 cm³/mol. The van der Waals surface area contributed by atoms with Gasteiger partial charge in [0.1, 0.15) is 5.92 Å². The van der Waals surface area contributed by atoms with Crippen LogP contribution in [0.3, 0.4) is 0 Å². The lowest BCUT2D eigenvalue weighted by Crippen LogP contribution is -2.37. The van der Waals surface area contributed by atoms with Crippen molar-refractivity contribution in [2.24, 2.45) is 5.92 Å². The van der Waals surface area contributed by atoms with E-state index >= 15 is 0 Å². The van der Waals surface area contributed by atoms with Crippen LogP contribution in [0.15, 0.2) is 72.8 Å². The Kier molecular flexibility index (Phi) is 4.80. The molecule has 3 atom stereocenters. The Hall–Kier alpha value is -3.15. The lowest BCUT2D eigenvalue weighted by Gasteiger charge is -2.30. The Morgan fingerprint density at radius 3 is 2.29 bits per heavy atom. The van der Waals surface area contributed by atoms with E-state index in [0.29, 0.717) is 10.7 Å². The summed E-state index contributed by atoms with van der Waals surface area (Å²) in [4.78, 5) is 34.3. The number of carbonyl (C=O) groups is 2. The summed E-state index contributed by atoms with van der Waals surface area (Å²) in [7, 11) is 0. The van der Waals surface area contributed by atoms with Crippen molar-refractivity contribution in [2.75, 3.05) is 9.96 Å². The maximum atomic E-state index is 13.6. The van der Waals surface area contributed by atoms with Gasteiger partial charge < -0.3 is 0 Å². The molecule has 2 fully saturated rings. The number of amides is 2. The molecule has 3 aromatic carbocycles. The zero-order valence-corrected chi connectivity index (χ0v) is 17.9. The van der Waals surface area contributed by atoms with Gasteiger partial charge in [-0.3, -0.25) is 14.4 Å². The van der Waals surface area contributed by atoms with Crippen LogP contribution in [0.5, 0.6) is 0 Å². The number of aryl methyl sites for hydroxylation is 2. The van der Waals surface area contributed by atoms with Crippen LogP contribution in [0.1, 0.15) is 22.7 Å². The summed E-state index contributed by atoms with van der Waals surface area (Å²) in [6, 6.07) is 22.1. The number of anilines is 2. The molecule has 0 spiro atoms. The van der Waals surface area contributed by atoms with Gasteiger partial charge in [0.15, 0.2) is 6.10 Å². The maximum Gasteiger partial charge on any atom is 0.266 e. The second-order valence-corrected chi connectivity index (χ2v) is 8.39. The number of benzene rings is 3. The van der Waals surface area contributed by atoms with E-state index in [4.69, 9.17) is 16.4 Å². The number of para-hydroxylation sites is 2. The van der Waals surface area contributed by atoms with Crippen LogP contribution in [-0.2, 0) is 14.4 Å². The van der Waals surface area contributed by atoms with Gasteiger partial charge in [-0.25, -0.2) is 9.96 Å². The summed E-state index contributed by atoms with van der Waals surface area (Å²) < 4.78 is 0. The van der Waals surface area contributed by atoms with E-state index in [-0.39, 0.29) is 5.91 Å². The van der Waals surface area contributed by atoms with Crippen molar-refractivity contribution in [1.29, 1.82) is 0 Å². The average Bonchev–Trinajstić information content (AvgIpc) is 3.26. The smallest absolute Gasteiger partial charge is 0.266 e. The molecule has 0 bridgehead atoms. The lowest BCUT2D eigenvalue weighted by molar-refractivity contribution is -0.126. The highest BCUT2D eigenvalue weighted by Gasteiger charge is 2.60. The summed E-state index contributed by atoms with van der Waals surface area (Å²) in [6.45, 7) is 4.05. The summed E-state index contributed by atoms with van der Waals surface area (Å²) in [5, 5.41) is 2.07. The molecule has 5 nitrogen and oxygen atoms in total. The SMILES string of the molecule is Cc1ccc([C@@H]2[C@H]3C(=O)N(c4ccccc4Cl)C(=O)[C@@H]3ON2c2ccccc2)c(C)c1. The van der Waals surface area contributed by atoms with Gasteiger partial charge in [-0.2, -0.15) is 0 Å². The minimum atomic E-state index is -0.908. The van der Waals surface area contributed by atoms with E-state index in [2.05, 4.69) is 6.07 Å². The number of hydroxylamine groups is 1. The zero-order chi connectivity index (χ0) is 21.7. The Morgan fingerprint density at radius 1 is 0.871 bits per heavy atom. The normalized spacial score (nSPS) is 22.9. The molecule has 0 aliphatic carbocycles. The molecule has 0 saturated carbocycles. The van der Waals surface area contributed by atoms with Gasteiger partial charge in [0.05, 0.1) is 22.4 Å². The largest absolute Gasteiger partial charge is 0.273 e. The van der Waals surface area contributed by atoms with Crippen molar-refractivity contribution in [3.63, 3.8) is 0 Å². The summed E-state index contributed by atoms with van der Waals surface area (Å²) in [6.07, 6.45) is -0.908. The number of imide groups is 1. The molecule has 2 heterocycles. The van der Waals surface area contributed by atoms with E-state index in [1.165, 1.54) is 4.90 Å². The molecular formula is C25H21ClN2O3. The van der Waals surface area contributed by atoms with Crippen LogP contribution >= 0.6 is 11.6 Å². The van der Waals surface area contributed by atoms with Gasteiger partial charge >= 0.3 is 0 Å². The fourth-order valence-corrected chi connectivity index (χ4v) is 4.78. The number of fused-ring (bicyclic) bond motifs is 1. The molecule has 0 N–H and O–H groups in total. The Balaban J connectivity index is 1.63. The van der Waals surface area contributed by atoms with Crippen molar-refractivity contribution in [3.05, 3.63) is 94.5 Å². The molecule has 156 valence electrons. The fourth-order valence-electron chi connectivity index (χ4n) is 4.56. The fraction of sp³-hybridized carbons (Fsp3) is 0.200. The molecule has 2 aliphatic heterocycles. The maximum absolute atomic E-state index is 13.6. The topological polar surface area (TPSA) is 49.9 Å². The van der Waals surface area contributed by atoms with Gasteiger partial charge in [-0.15, -0.1) is 0 Å². The molecule has 0 aromatic heterocycles. The van der Waals surface area contributed by atoms with E-state index in [1.807, 2.05) is 56.3 Å². The van der Waals surface area contributed by atoms with E-state index < -0.39 is 24.0 Å². The highest BCUT2D eigenvalue weighted by Crippen LogP contribution is 2.48. The number of nitrogens with zero attached hydrogens (tertiary/aromatic N) is 2. The molecular weight excluding hydrogens is 412 g/mol. The number of hydrogen-bond acceptors (Lipinski definition) is 4. The first-order valence-corrected chi connectivity index (χ1v) is 10.6. The number of hydrogen-bond donors (Lipinski definition) is 0. The first kappa shape index (κ1) is 19.8. The third kappa shape index (κ3) is 3.12. The van der Waals surface area contributed by atoms with Crippen molar-refractivity contribution in [3.8, 4) is 0 Å². The van der Waals surface area contributed by atoms with Crippen molar-refractivity contribution < 1.29 is 14.4 Å². The molecule has 6 heteroatoms. The first-order chi connectivity index (χ1) is 15.0. The van der Waals surface area contributed by atoms with Gasteiger partial charge in [0.2, 0.25) is 5.91 Å². The highest BCUT2D eigenvalue weighted by atomic mass is 35.5. The summed E-state index contributed by atoms with van der Waals surface area (Å²) >= 11 is 6.31. The molecule has 2 amide bonds. The number of carbonyl (C=O) groups excluding carboxylic acids is 2. The monoisotopic (exact) mass is 432 g/mol. The minimum absolute atomic E-state index is 0.300. The Morgan fingerprint density at radius 2 is 1.58 bits per heavy atom. The predicted octanol–water partition coefficient (Wildman–Crippen LogP) is 5.01. The zero-order valence-electron chi connectivity index (χ0n) is 17.2. The van der Waals surface area contributed by atoms with Crippen molar-refractivity contribution >= 4 is 34.8 Å². The molecule has 31 heavy (non-hydrogen) atoms. The standard InChI is InChI=1S/C25H21ClN2O3/c1-15-12-13-18(16(2)14-15)22-21-23(31-28(22)17-8-4-3-5-9-17)25(30)27(24(21)29)20-11-7-6-10-19(20)26/h3-14,21-23H,1-2H3/t21-,22-,23-/m1/s1. The van der Waals surface area contributed by atoms with Crippen LogP contribution < -0.4 is 9.96 Å². The number of halogens is 1. The molecule has 2 saturated heterocycles. The number of rotatable bonds is 3. The summed E-state index contributed by atoms with van der Waals surface area (Å²) in [5.74, 6) is -1.37. The second kappa shape index (κ2) is 7.52. The Labute approximate surface area is 185 Å². The molecule has 0 unspecified atom stereocenters. The van der Waals surface area contributed by atoms with Crippen molar-refractivity contribution in [2.45, 2.75) is 26.0 Å². The van der Waals surface area contributed by atoms with E-state index in [9.17, 15) is 9.59 Å². The Bertz CT molecular complexity index is 1180. The van der Waals surface area contributed by atoms with Gasteiger partial charge in [-0.1, -0.05) is 65.7 Å². The van der Waals surface area contributed by atoms with Gasteiger partial charge in [-0.05, 0) is 49.2 Å². The van der Waals surface area contributed by atoms with Crippen LogP contribution in [0, 0.1) is 19.8 Å². The van der Waals surface area contributed by atoms with Crippen LogP contribution in [0.25, 0.3) is 0 Å². The molecule has 0 radical (unpaired) electrons. The lowest BCUT2D eigenvalue weighted by atomic mass is 9.87. The molecule has 2 aliphatic rings. The van der Waals surface area contributed by atoms with Crippen molar-refractivity contribution in [1.82, 2.24) is 0 Å². The average molecular weight is 433 g/mol. The van der Waals surface area contributed by atoms with Gasteiger partial charge in [0, 0.05) is 0 Å². The van der Waals surface area contributed by atoms with Crippen LogP contribution in [-0.4, -0.2) is 17.9 Å². The van der Waals surface area contributed by atoms with Crippen LogP contribution in [0.2, 0.25) is 5.02 Å². The third-order valence-corrected chi connectivity index (χ3v) is 6.28. The third-order valence-electron chi connectivity index (χ3n) is 5.96. The second-order valence-electron chi connectivity index (χ2n) is 7.98. The summed E-state index contributed by atoms with van der Waals surface area (Å²) in [5.41, 5.74) is 4.33. The minimum Gasteiger partial charge on any atom is -0.273 e. The quantitative estimate of drug-likeness (QED) is 0.546. The molecule has 3 aromatic rings. The first-order valence-electron chi connectivity index (χ1n) is 10.2.